The van der Waals surface area contributed by atoms with Gasteiger partial charge in [-0.25, -0.2) is 17.5 Å². The zero-order chi connectivity index (χ0) is 16.9. The highest BCUT2D eigenvalue weighted by Crippen LogP contribution is 2.29. The summed E-state index contributed by atoms with van der Waals surface area (Å²) in [4.78, 5) is -0.0164. The Bertz CT molecular complexity index is 625. The van der Waals surface area contributed by atoms with Gasteiger partial charge >= 0.3 is 0 Å². The van der Waals surface area contributed by atoms with Gasteiger partial charge in [0.2, 0.25) is 10.0 Å². The van der Waals surface area contributed by atoms with Gasteiger partial charge in [0, 0.05) is 25.1 Å². The molecule has 0 aliphatic carbocycles. The van der Waals surface area contributed by atoms with Crippen LogP contribution in [0.4, 0.5) is 4.39 Å². The molecule has 2 rings (SSSR count). The number of hydrogen-bond acceptors (Lipinski definition) is 5. The maximum absolute atomic E-state index is 13.4. The van der Waals surface area contributed by atoms with Gasteiger partial charge in [-0.3, -0.25) is 0 Å². The van der Waals surface area contributed by atoms with E-state index >= 15 is 0 Å². The van der Waals surface area contributed by atoms with Crippen LogP contribution in [0.1, 0.15) is 12.8 Å². The van der Waals surface area contributed by atoms with Crippen molar-refractivity contribution in [2.24, 2.45) is 5.41 Å². The molecule has 0 atom stereocenters. The van der Waals surface area contributed by atoms with Crippen molar-refractivity contribution >= 4 is 10.0 Å². The lowest BCUT2D eigenvalue weighted by atomic mass is 9.80. The fourth-order valence-electron chi connectivity index (χ4n) is 2.77. The number of hydrogen-bond donors (Lipinski definition) is 2. The second-order valence-electron chi connectivity index (χ2n) is 5.80. The first-order valence-electron chi connectivity index (χ1n) is 7.45. The third-order valence-electron chi connectivity index (χ3n) is 4.18. The van der Waals surface area contributed by atoms with Crippen LogP contribution in [0.2, 0.25) is 0 Å². The van der Waals surface area contributed by atoms with Gasteiger partial charge in [0.1, 0.15) is 0 Å². The van der Waals surface area contributed by atoms with Crippen LogP contribution in [-0.2, 0) is 14.8 Å². The van der Waals surface area contributed by atoms with Gasteiger partial charge in [-0.05, 0) is 38.1 Å². The first-order chi connectivity index (χ1) is 10.9. The number of methoxy groups -OCH3 is 2. The van der Waals surface area contributed by atoms with E-state index in [1.54, 1.807) is 7.11 Å². The molecule has 0 bridgehead atoms. The molecular weight excluding hydrogens is 323 g/mol. The Morgan fingerprint density at radius 3 is 2.61 bits per heavy atom. The number of halogens is 1. The molecule has 1 aliphatic heterocycles. The SMILES string of the molecule is COCC1(CNS(=O)(=O)c2ccc(F)c(OC)c2)CCNCC1. The van der Waals surface area contributed by atoms with Gasteiger partial charge in [-0.1, -0.05) is 0 Å². The first-order valence-corrected chi connectivity index (χ1v) is 8.94. The molecule has 130 valence electrons. The van der Waals surface area contributed by atoms with E-state index in [0.717, 1.165) is 32.0 Å². The maximum Gasteiger partial charge on any atom is 0.240 e. The van der Waals surface area contributed by atoms with E-state index in [-0.39, 0.29) is 22.6 Å². The van der Waals surface area contributed by atoms with Crippen molar-refractivity contribution in [1.82, 2.24) is 10.0 Å². The summed E-state index contributed by atoms with van der Waals surface area (Å²) in [6.45, 7) is 2.43. The molecule has 1 aromatic carbocycles. The molecule has 1 fully saturated rings. The Labute approximate surface area is 136 Å². The van der Waals surface area contributed by atoms with Crippen LogP contribution in [0.25, 0.3) is 0 Å². The minimum atomic E-state index is -3.74. The van der Waals surface area contributed by atoms with Crippen molar-refractivity contribution in [3.63, 3.8) is 0 Å². The molecule has 23 heavy (non-hydrogen) atoms. The zero-order valence-corrected chi connectivity index (χ0v) is 14.2. The Hall–Kier alpha value is -1.22. The molecule has 0 aromatic heterocycles. The second-order valence-corrected chi connectivity index (χ2v) is 7.57. The van der Waals surface area contributed by atoms with Gasteiger partial charge in [-0.15, -0.1) is 0 Å². The highest BCUT2D eigenvalue weighted by molar-refractivity contribution is 7.89. The van der Waals surface area contributed by atoms with Gasteiger partial charge in [-0.2, -0.15) is 0 Å². The summed E-state index contributed by atoms with van der Waals surface area (Å²) in [5.74, 6) is -0.693. The molecule has 1 saturated heterocycles. The quantitative estimate of drug-likeness (QED) is 0.774. The largest absolute Gasteiger partial charge is 0.494 e. The molecule has 0 unspecified atom stereocenters. The van der Waals surface area contributed by atoms with Crippen LogP contribution in [0.15, 0.2) is 23.1 Å². The van der Waals surface area contributed by atoms with Crippen molar-refractivity contribution in [2.45, 2.75) is 17.7 Å². The average Bonchev–Trinajstić information content (AvgIpc) is 2.55. The number of ether oxygens (including phenoxy) is 2. The molecule has 2 N–H and O–H groups in total. The van der Waals surface area contributed by atoms with Crippen LogP contribution in [-0.4, -0.2) is 48.9 Å². The van der Waals surface area contributed by atoms with Crippen LogP contribution in [0.3, 0.4) is 0 Å². The summed E-state index contributed by atoms with van der Waals surface area (Å²) >= 11 is 0. The lowest BCUT2D eigenvalue weighted by Gasteiger charge is -2.37. The molecule has 1 heterocycles. The summed E-state index contributed by atoms with van der Waals surface area (Å²) in [5, 5.41) is 3.26. The van der Waals surface area contributed by atoms with Crippen molar-refractivity contribution < 1.29 is 22.3 Å². The zero-order valence-electron chi connectivity index (χ0n) is 13.4. The van der Waals surface area contributed by atoms with Gasteiger partial charge in [0.15, 0.2) is 11.6 Å². The van der Waals surface area contributed by atoms with E-state index in [9.17, 15) is 12.8 Å². The fourth-order valence-corrected chi connectivity index (χ4v) is 3.95. The van der Waals surface area contributed by atoms with Gasteiger partial charge < -0.3 is 14.8 Å². The van der Waals surface area contributed by atoms with Gasteiger partial charge in [0.05, 0.1) is 18.6 Å². The summed E-state index contributed by atoms with van der Waals surface area (Å²) in [5.41, 5.74) is -0.225. The lowest BCUT2D eigenvalue weighted by Crippen LogP contribution is -2.47. The van der Waals surface area contributed by atoms with Gasteiger partial charge in [0.25, 0.3) is 0 Å². The van der Waals surface area contributed by atoms with Crippen molar-refractivity contribution in [2.75, 3.05) is 40.5 Å². The summed E-state index contributed by atoms with van der Waals surface area (Å²) in [6.07, 6.45) is 1.66. The monoisotopic (exact) mass is 346 g/mol. The van der Waals surface area contributed by atoms with E-state index in [1.165, 1.54) is 19.2 Å². The second kappa shape index (κ2) is 7.57. The summed E-state index contributed by atoms with van der Waals surface area (Å²) in [7, 11) is -0.827. The summed E-state index contributed by atoms with van der Waals surface area (Å²) in [6, 6.07) is 3.50. The minimum Gasteiger partial charge on any atom is -0.494 e. The van der Waals surface area contributed by atoms with Crippen molar-refractivity contribution in [3.05, 3.63) is 24.0 Å². The van der Waals surface area contributed by atoms with E-state index in [0.29, 0.717) is 6.61 Å². The molecular formula is C15H23FN2O4S. The molecule has 0 saturated carbocycles. The fraction of sp³-hybridized carbons (Fsp3) is 0.600. The Morgan fingerprint density at radius 1 is 1.30 bits per heavy atom. The normalized spacial score (nSPS) is 17.9. The molecule has 1 aliphatic rings. The van der Waals surface area contributed by atoms with Crippen LogP contribution in [0.5, 0.6) is 5.75 Å². The number of nitrogens with one attached hydrogen (secondary N) is 2. The van der Waals surface area contributed by atoms with Crippen LogP contribution in [0, 0.1) is 11.2 Å². The Balaban J connectivity index is 2.14. The number of benzene rings is 1. The lowest BCUT2D eigenvalue weighted by molar-refractivity contribution is 0.0577. The molecule has 0 radical (unpaired) electrons. The maximum atomic E-state index is 13.4. The molecule has 8 heteroatoms. The predicted octanol–water partition coefficient (Wildman–Crippen LogP) is 1.13. The number of sulfonamides is 1. The third-order valence-corrected chi connectivity index (χ3v) is 5.58. The highest BCUT2D eigenvalue weighted by atomic mass is 32.2. The van der Waals surface area contributed by atoms with Crippen molar-refractivity contribution in [1.29, 1.82) is 0 Å². The van der Waals surface area contributed by atoms with Crippen LogP contribution >= 0.6 is 0 Å². The van der Waals surface area contributed by atoms with E-state index < -0.39 is 15.8 Å². The smallest absolute Gasteiger partial charge is 0.240 e. The Morgan fingerprint density at radius 2 is 2.00 bits per heavy atom. The number of piperidine rings is 1. The first kappa shape index (κ1) is 18.1. The predicted molar refractivity (Wildman–Crippen MR) is 84.6 cm³/mol. The molecule has 6 nitrogen and oxygen atoms in total. The van der Waals surface area contributed by atoms with E-state index in [1.807, 2.05) is 0 Å². The van der Waals surface area contributed by atoms with Crippen LogP contribution < -0.4 is 14.8 Å². The standard InChI is InChI=1S/C15H23FN2O4S/c1-21-11-15(5-7-17-8-6-15)10-18-23(19,20)12-3-4-13(16)14(9-12)22-2/h3-4,9,17-18H,5-8,10-11H2,1-2H3. The van der Waals surface area contributed by atoms with E-state index in [4.69, 9.17) is 9.47 Å². The number of rotatable bonds is 7. The average molecular weight is 346 g/mol. The minimum absolute atomic E-state index is 0.0164. The topological polar surface area (TPSA) is 76.7 Å². The highest BCUT2D eigenvalue weighted by Gasteiger charge is 2.33. The molecule has 0 amide bonds. The summed E-state index contributed by atoms with van der Waals surface area (Å²) < 4.78 is 51.1. The molecule has 1 aromatic rings. The van der Waals surface area contributed by atoms with Crippen molar-refractivity contribution in [3.8, 4) is 5.75 Å². The molecule has 0 spiro atoms. The van der Waals surface area contributed by atoms with E-state index in [2.05, 4.69) is 10.0 Å². The Kier molecular flexibility index (Phi) is 5.96. The third kappa shape index (κ3) is 4.41.